The molecule has 0 radical (unpaired) electrons. The molecule has 1 saturated carbocycles. The van der Waals surface area contributed by atoms with Crippen LogP contribution in [0.3, 0.4) is 0 Å². The number of aliphatic hydroxyl groups is 1. The van der Waals surface area contributed by atoms with Gasteiger partial charge in [-0.1, -0.05) is 31.4 Å². The first kappa shape index (κ1) is 11.9. The Morgan fingerprint density at radius 1 is 1.31 bits per heavy atom. The van der Waals surface area contributed by atoms with Crippen molar-refractivity contribution in [1.29, 1.82) is 0 Å². The van der Waals surface area contributed by atoms with Gasteiger partial charge in [0.1, 0.15) is 0 Å². The van der Waals surface area contributed by atoms with Crippen LogP contribution in [0, 0.1) is 11.8 Å². The molecular formula is C13H18ClNO. The highest BCUT2D eigenvalue weighted by atomic mass is 35.5. The topological polar surface area (TPSA) is 33.1 Å². The Balaban J connectivity index is 2.01. The van der Waals surface area contributed by atoms with Crippen LogP contribution in [-0.2, 0) is 0 Å². The molecule has 2 rings (SSSR count). The molecule has 0 aliphatic heterocycles. The molecule has 2 nitrogen and oxygen atoms in total. The van der Waals surface area contributed by atoms with Crippen LogP contribution in [0.25, 0.3) is 0 Å². The second kappa shape index (κ2) is 5.15. The predicted molar refractivity (Wildman–Crippen MR) is 65.3 cm³/mol. The number of pyridine rings is 1. The fourth-order valence-electron chi connectivity index (χ4n) is 2.41. The lowest BCUT2D eigenvalue weighted by Crippen LogP contribution is -2.19. The number of hydrogen-bond donors (Lipinski definition) is 1. The lowest BCUT2D eigenvalue weighted by molar-refractivity contribution is 0.0721. The van der Waals surface area contributed by atoms with Crippen LogP contribution < -0.4 is 0 Å². The van der Waals surface area contributed by atoms with Crippen LogP contribution in [0.15, 0.2) is 18.3 Å². The molecule has 1 N–H and O–H groups in total. The minimum absolute atomic E-state index is 0.366. The molecule has 0 bridgehead atoms. The SMILES string of the molecule is CC1CCC(C(O)c2ccc(Cl)cn2)CC1. The van der Waals surface area contributed by atoms with E-state index < -0.39 is 6.10 Å². The summed E-state index contributed by atoms with van der Waals surface area (Å²) in [7, 11) is 0. The fourth-order valence-corrected chi connectivity index (χ4v) is 2.52. The standard InChI is InChI=1S/C13H18ClNO/c1-9-2-4-10(5-3-9)13(16)12-7-6-11(14)8-15-12/h6-10,13,16H,2-5H2,1H3. The van der Waals surface area contributed by atoms with Gasteiger partial charge in [-0.3, -0.25) is 4.98 Å². The normalized spacial score (nSPS) is 27.7. The van der Waals surface area contributed by atoms with E-state index in [4.69, 9.17) is 11.6 Å². The molecule has 1 heterocycles. The summed E-state index contributed by atoms with van der Waals surface area (Å²) in [5, 5.41) is 10.8. The molecular weight excluding hydrogens is 222 g/mol. The van der Waals surface area contributed by atoms with Crippen LogP contribution >= 0.6 is 11.6 Å². The van der Waals surface area contributed by atoms with E-state index in [0.717, 1.165) is 24.5 Å². The van der Waals surface area contributed by atoms with Crippen molar-refractivity contribution in [3.05, 3.63) is 29.0 Å². The third-order valence-electron chi connectivity index (χ3n) is 3.56. The van der Waals surface area contributed by atoms with E-state index in [1.165, 1.54) is 12.8 Å². The Bertz CT molecular complexity index is 330. The van der Waals surface area contributed by atoms with E-state index in [0.29, 0.717) is 10.9 Å². The summed E-state index contributed by atoms with van der Waals surface area (Å²) in [4.78, 5) is 4.19. The van der Waals surface area contributed by atoms with E-state index in [1.807, 2.05) is 6.07 Å². The van der Waals surface area contributed by atoms with Gasteiger partial charge in [0.05, 0.1) is 16.8 Å². The van der Waals surface area contributed by atoms with Gasteiger partial charge in [-0.05, 0) is 36.8 Å². The predicted octanol–water partition coefficient (Wildman–Crippen LogP) is 3.59. The smallest absolute Gasteiger partial charge is 0.0987 e. The van der Waals surface area contributed by atoms with Crippen molar-refractivity contribution >= 4 is 11.6 Å². The van der Waals surface area contributed by atoms with Crippen LogP contribution in [-0.4, -0.2) is 10.1 Å². The van der Waals surface area contributed by atoms with E-state index in [2.05, 4.69) is 11.9 Å². The van der Waals surface area contributed by atoms with Gasteiger partial charge < -0.3 is 5.11 Å². The zero-order valence-electron chi connectivity index (χ0n) is 9.56. The lowest BCUT2D eigenvalue weighted by Gasteiger charge is -2.29. The highest BCUT2D eigenvalue weighted by Gasteiger charge is 2.26. The Kier molecular flexibility index (Phi) is 3.82. The Morgan fingerprint density at radius 2 is 2.00 bits per heavy atom. The van der Waals surface area contributed by atoms with E-state index in [-0.39, 0.29) is 0 Å². The Hall–Kier alpha value is -0.600. The highest BCUT2D eigenvalue weighted by Crippen LogP contribution is 2.36. The van der Waals surface area contributed by atoms with Crippen LogP contribution in [0.1, 0.15) is 44.4 Å². The maximum absolute atomic E-state index is 10.2. The van der Waals surface area contributed by atoms with Crippen molar-refractivity contribution in [1.82, 2.24) is 4.98 Å². The number of rotatable bonds is 2. The molecule has 0 spiro atoms. The maximum atomic E-state index is 10.2. The van der Waals surface area contributed by atoms with Crippen molar-refractivity contribution in [2.24, 2.45) is 11.8 Å². The molecule has 1 aromatic rings. The first-order valence-electron chi connectivity index (χ1n) is 5.96. The monoisotopic (exact) mass is 239 g/mol. The Morgan fingerprint density at radius 3 is 2.56 bits per heavy atom. The third-order valence-corrected chi connectivity index (χ3v) is 3.78. The largest absolute Gasteiger partial charge is 0.387 e. The molecule has 0 saturated heterocycles. The van der Waals surface area contributed by atoms with Crippen molar-refractivity contribution < 1.29 is 5.11 Å². The summed E-state index contributed by atoms with van der Waals surface area (Å²) in [6, 6.07) is 3.61. The third kappa shape index (κ3) is 2.74. The van der Waals surface area contributed by atoms with Crippen LogP contribution in [0.5, 0.6) is 0 Å². The molecule has 1 aromatic heterocycles. The molecule has 1 unspecified atom stereocenters. The van der Waals surface area contributed by atoms with Crippen molar-refractivity contribution in [2.75, 3.05) is 0 Å². The zero-order valence-corrected chi connectivity index (χ0v) is 10.3. The van der Waals surface area contributed by atoms with Crippen molar-refractivity contribution in [2.45, 2.75) is 38.7 Å². The first-order valence-corrected chi connectivity index (χ1v) is 6.34. The first-order chi connectivity index (χ1) is 7.66. The van der Waals surface area contributed by atoms with Crippen LogP contribution in [0.2, 0.25) is 5.02 Å². The fraction of sp³-hybridized carbons (Fsp3) is 0.615. The minimum Gasteiger partial charge on any atom is -0.387 e. The average Bonchev–Trinajstić information content (AvgIpc) is 2.30. The van der Waals surface area contributed by atoms with Gasteiger partial charge in [0.15, 0.2) is 0 Å². The minimum atomic E-state index is -0.426. The summed E-state index contributed by atoms with van der Waals surface area (Å²) >= 11 is 5.78. The molecule has 0 aromatic carbocycles. The van der Waals surface area contributed by atoms with Gasteiger partial charge >= 0.3 is 0 Å². The molecule has 1 aliphatic rings. The quantitative estimate of drug-likeness (QED) is 0.856. The van der Waals surface area contributed by atoms with Gasteiger partial charge in [-0.25, -0.2) is 0 Å². The molecule has 1 atom stereocenters. The van der Waals surface area contributed by atoms with Gasteiger partial charge in [0.2, 0.25) is 0 Å². The molecule has 0 amide bonds. The van der Waals surface area contributed by atoms with E-state index >= 15 is 0 Å². The van der Waals surface area contributed by atoms with Gasteiger partial charge in [0, 0.05) is 6.20 Å². The Labute approximate surface area is 102 Å². The summed E-state index contributed by atoms with van der Waals surface area (Å²) < 4.78 is 0. The van der Waals surface area contributed by atoms with E-state index in [9.17, 15) is 5.11 Å². The average molecular weight is 240 g/mol. The number of aliphatic hydroxyl groups excluding tert-OH is 1. The summed E-state index contributed by atoms with van der Waals surface area (Å²) in [6.45, 7) is 2.28. The van der Waals surface area contributed by atoms with E-state index in [1.54, 1.807) is 12.3 Å². The summed E-state index contributed by atoms with van der Waals surface area (Å²) in [5.74, 6) is 1.17. The second-order valence-electron chi connectivity index (χ2n) is 4.87. The van der Waals surface area contributed by atoms with Gasteiger partial charge in [-0.2, -0.15) is 0 Å². The summed E-state index contributed by atoms with van der Waals surface area (Å²) in [6.07, 6.45) is 5.82. The maximum Gasteiger partial charge on any atom is 0.0987 e. The number of nitrogens with zero attached hydrogens (tertiary/aromatic N) is 1. The highest BCUT2D eigenvalue weighted by molar-refractivity contribution is 6.30. The number of aromatic nitrogens is 1. The molecule has 88 valence electrons. The molecule has 16 heavy (non-hydrogen) atoms. The van der Waals surface area contributed by atoms with Crippen molar-refractivity contribution in [3.8, 4) is 0 Å². The summed E-state index contributed by atoms with van der Waals surface area (Å²) in [5.41, 5.74) is 0.754. The molecule has 3 heteroatoms. The number of halogens is 1. The molecule has 1 fully saturated rings. The van der Waals surface area contributed by atoms with Gasteiger partial charge in [0.25, 0.3) is 0 Å². The lowest BCUT2D eigenvalue weighted by atomic mass is 9.79. The van der Waals surface area contributed by atoms with Crippen LogP contribution in [0.4, 0.5) is 0 Å². The second-order valence-corrected chi connectivity index (χ2v) is 5.30. The zero-order chi connectivity index (χ0) is 11.5. The molecule has 1 aliphatic carbocycles. The van der Waals surface area contributed by atoms with Crippen molar-refractivity contribution in [3.63, 3.8) is 0 Å². The van der Waals surface area contributed by atoms with Gasteiger partial charge in [-0.15, -0.1) is 0 Å². The number of hydrogen-bond acceptors (Lipinski definition) is 2.